The summed E-state index contributed by atoms with van der Waals surface area (Å²) in [5, 5.41) is 0. The number of carbonyl (C=O) groups is 3. The van der Waals surface area contributed by atoms with Gasteiger partial charge < -0.3 is 18.9 Å². The maximum atomic E-state index is 10.8. The van der Waals surface area contributed by atoms with Crippen LogP contribution in [0.3, 0.4) is 0 Å². The predicted molar refractivity (Wildman–Crippen MR) is 171 cm³/mol. The number of methoxy groups -OCH3 is 4. The van der Waals surface area contributed by atoms with E-state index in [1.807, 2.05) is 80.6 Å². The summed E-state index contributed by atoms with van der Waals surface area (Å²) < 4.78 is 20.2. The van der Waals surface area contributed by atoms with Gasteiger partial charge in [-0.2, -0.15) is 0 Å². The Kier molecular flexibility index (Phi) is 16.2. The molecule has 0 bridgehead atoms. The fraction of sp³-hybridized carbons (Fsp3) is 0.250. The Balaban J connectivity index is 0.000000287. The second kappa shape index (κ2) is 19.3. The molecule has 4 aromatic carbocycles. The maximum absolute atomic E-state index is 10.8. The van der Waals surface area contributed by atoms with Crippen molar-refractivity contribution >= 4 is 17.3 Å². The Labute approximate surface area is 255 Å². The highest BCUT2D eigenvalue weighted by molar-refractivity contribution is 5.97. The zero-order chi connectivity index (χ0) is 32.4. The highest BCUT2D eigenvalue weighted by Crippen LogP contribution is 2.24. The number of hydrogen-bond acceptors (Lipinski definition) is 7. The molecular weight excluding hydrogens is 544 g/mol. The number of rotatable bonds is 7. The lowest BCUT2D eigenvalue weighted by molar-refractivity contribution is 0.100. The molecule has 0 saturated heterocycles. The third-order valence-electron chi connectivity index (χ3n) is 6.05. The lowest BCUT2D eigenvalue weighted by Crippen LogP contribution is -1.95. The van der Waals surface area contributed by atoms with Gasteiger partial charge in [0.2, 0.25) is 0 Å². The van der Waals surface area contributed by atoms with Crippen LogP contribution in [0.2, 0.25) is 0 Å². The molecule has 0 aliphatic carbocycles. The van der Waals surface area contributed by atoms with Gasteiger partial charge in [-0.1, -0.05) is 66.2 Å². The van der Waals surface area contributed by atoms with Gasteiger partial charge in [0.25, 0.3) is 0 Å². The molecule has 4 aromatic rings. The van der Waals surface area contributed by atoms with Gasteiger partial charge in [-0.3, -0.25) is 14.4 Å². The molecule has 7 heteroatoms. The first-order valence-electron chi connectivity index (χ1n) is 13.5. The summed E-state index contributed by atoms with van der Waals surface area (Å²) in [6.07, 6.45) is 0. The normalized spacial score (nSPS) is 9.33. The van der Waals surface area contributed by atoms with Crippen LogP contribution < -0.4 is 18.9 Å². The van der Waals surface area contributed by atoms with Crippen molar-refractivity contribution in [2.45, 2.75) is 34.6 Å². The van der Waals surface area contributed by atoms with E-state index >= 15 is 0 Å². The van der Waals surface area contributed by atoms with E-state index in [2.05, 4.69) is 0 Å². The lowest BCUT2D eigenvalue weighted by Gasteiger charge is -2.05. The third kappa shape index (κ3) is 13.1. The molecular formula is C36H42O7. The summed E-state index contributed by atoms with van der Waals surface area (Å²) in [4.78, 5) is 32.4. The van der Waals surface area contributed by atoms with Crippen molar-refractivity contribution in [3.05, 3.63) is 119 Å². The first-order chi connectivity index (χ1) is 20.5. The SMILES string of the molecule is CC(=O)c1ccc(C(C)=O)cc1.CC(=O)c1ccc(C)cc1.COc1ccc(OC)c(C)c1.COc1ccccc1OC. The monoisotopic (exact) mass is 586 g/mol. The molecule has 228 valence electrons. The van der Waals surface area contributed by atoms with Crippen LogP contribution >= 0.6 is 0 Å². The molecule has 7 nitrogen and oxygen atoms in total. The Morgan fingerprint density at radius 2 is 0.837 bits per heavy atom. The summed E-state index contributed by atoms with van der Waals surface area (Å²) in [5.41, 5.74) is 4.34. The summed E-state index contributed by atoms with van der Waals surface area (Å²) >= 11 is 0. The van der Waals surface area contributed by atoms with Crippen LogP contribution in [0.5, 0.6) is 23.0 Å². The van der Waals surface area contributed by atoms with Gasteiger partial charge >= 0.3 is 0 Å². The van der Waals surface area contributed by atoms with E-state index in [-0.39, 0.29) is 17.3 Å². The second-order valence-corrected chi connectivity index (χ2v) is 9.30. The number of ether oxygens (including phenoxy) is 4. The van der Waals surface area contributed by atoms with Gasteiger partial charge in [0.1, 0.15) is 11.5 Å². The Morgan fingerprint density at radius 1 is 0.465 bits per heavy atom. The molecule has 0 unspecified atom stereocenters. The lowest BCUT2D eigenvalue weighted by atomic mass is 10.1. The molecule has 0 aliphatic heterocycles. The Hall–Kier alpha value is -4.91. The molecule has 0 spiro atoms. The van der Waals surface area contributed by atoms with Crippen molar-refractivity contribution in [2.24, 2.45) is 0 Å². The quantitative estimate of drug-likeness (QED) is 0.203. The maximum Gasteiger partial charge on any atom is 0.160 e. The number of carbonyl (C=O) groups excluding carboxylic acids is 3. The molecule has 0 saturated carbocycles. The van der Waals surface area contributed by atoms with Gasteiger partial charge in [0.15, 0.2) is 28.8 Å². The Bertz CT molecular complexity index is 1380. The van der Waals surface area contributed by atoms with Crippen LogP contribution in [0.25, 0.3) is 0 Å². The molecule has 0 radical (unpaired) electrons. The summed E-state index contributed by atoms with van der Waals surface area (Å²) in [7, 11) is 6.56. The van der Waals surface area contributed by atoms with Crippen molar-refractivity contribution in [1.82, 2.24) is 0 Å². The van der Waals surface area contributed by atoms with E-state index in [0.717, 1.165) is 34.1 Å². The molecule has 0 fully saturated rings. The number of Topliss-reactive ketones (excluding diaryl/α,β-unsaturated/α-hetero) is 3. The van der Waals surface area contributed by atoms with Gasteiger partial charge in [0.05, 0.1) is 28.4 Å². The smallest absolute Gasteiger partial charge is 0.160 e. The van der Waals surface area contributed by atoms with E-state index in [9.17, 15) is 14.4 Å². The predicted octanol–water partition coefficient (Wildman–Crippen LogP) is 8.01. The molecule has 0 aliphatic rings. The van der Waals surface area contributed by atoms with Gasteiger partial charge in [0, 0.05) is 16.7 Å². The summed E-state index contributed by atoms with van der Waals surface area (Å²) in [5.74, 6) is 3.46. The van der Waals surface area contributed by atoms with Crippen LogP contribution in [-0.4, -0.2) is 45.8 Å². The number of hydrogen-bond donors (Lipinski definition) is 0. The minimum Gasteiger partial charge on any atom is -0.497 e. The number of benzene rings is 4. The molecule has 43 heavy (non-hydrogen) atoms. The van der Waals surface area contributed by atoms with Gasteiger partial charge in [-0.05, 0) is 70.5 Å². The standard InChI is InChI=1S/C10H10O2.C9H12O2.C9H10O.C8H10O2/c1-7(11)9-3-5-10(6-4-9)8(2)12;1-7-6-8(10-2)4-5-9(7)11-3;1-7-3-5-9(6-4-7)8(2)10;1-9-7-5-3-4-6-8(7)10-2/h3-6H,1-2H3;4-6H,1-3H3;2*3-6H,1-2H3. The van der Waals surface area contributed by atoms with E-state index in [1.54, 1.807) is 59.6 Å². The molecule has 0 heterocycles. The minimum absolute atomic E-state index is 0.0186. The first kappa shape index (κ1) is 36.1. The van der Waals surface area contributed by atoms with Crippen LogP contribution in [0, 0.1) is 13.8 Å². The second-order valence-electron chi connectivity index (χ2n) is 9.30. The molecule has 0 atom stereocenters. The van der Waals surface area contributed by atoms with E-state index in [4.69, 9.17) is 18.9 Å². The van der Waals surface area contributed by atoms with Crippen molar-refractivity contribution in [3.63, 3.8) is 0 Å². The highest BCUT2D eigenvalue weighted by atomic mass is 16.5. The topological polar surface area (TPSA) is 88.1 Å². The summed E-state index contributed by atoms with van der Waals surface area (Å²) in [6, 6.07) is 27.5. The van der Waals surface area contributed by atoms with E-state index in [1.165, 1.54) is 19.4 Å². The molecule has 0 N–H and O–H groups in total. The van der Waals surface area contributed by atoms with Crippen molar-refractivity contribution < 1.29 is 33.3 Å². The minimum atomic E-state index is 0.0186. The number of ketones is 3. The average molecular weight is 587 g/mol. The highest BCUT2D eigenvalue weighted by Gasteiger charge is 2.01. The first-order valence-corrected chi connectivity index (χ1v) is 13.5. The largest absolute Gasteiger partial charge is 0.497 e. The van der Waals surface area contributed by atoms with Gasteiger partial charge in [-0.25, -0.2) is 0 Å². The molecule has 0 aromatic heterocycles. The van der Waals surface area contributed by atoms with Crippen molar-refractivity contribution in [1.29, 1.82) is 0 Å². The van der Waals surface area contributed by atoms with Gasteiger partial charge in [-0.15, -0.1) is 0 Å². The molecule has 4 rings (SSSR count). The summed E-state index contributed by atoms with van der Waals surface area (Å²) in [6.45, 7) is 8.57. The number of para-hydroxylation sites is 2. The van der Waals surface area contributed by atoms with E-state index in [0.29, 0.717) is 11.1 Å². The van der Waals surface area contributed by atoms with Crippen LogP contribution in [0.4, 0.5) is 0 Å². The number of aryl methyl sites for hydroxylation is 2. The van der Waals surface area contributed by atoms with Crippen molar-refractivity contribution in [3.8, 4) is 23.0 Å². The van der Waals surface area contributed by atoms with Crippen LogP contribution in [0.1, 0.15) is 63.0 Å². The van der Waals surface area contributed by atoms with Crippen LogP contribution in [-0.2, 0) is 0 Å². The van der Waals surface area contributed by atoms with E-state index < -0.39 is 0 Å². The molecule has 0 amide bonds. The van der Waals surface area contributed by atoms with Crippen LogP contribution in [0.15, 0.2) is 91.0 Å². The zero-order valence-corrected chi connectivity index (χ0v) is 26.5. The fourth-order valence-corrected chi connectivity index (χ4v) is 3.49. The van der Waals surface area contributed by atoms with Crippen molar-refractivity contribution in [2.75, 3.05) is 28.4 Å². The average Bonchev–Trinajstić information content (AvgIpc) is 3.02. The Morgan fingerprint density at radius 3 is 1.14 bits per heavy atom. The fourth-order valence-electron chi connectivity index (χ4n) is 3.49. The third-order valence-corrected chi connectivity index (χ3v) is 6.05. The zero-order valence-electron chi connectivity index (χ0n) is 26.5.